The third-order valence-corrected chi connectivity index (χ3v) is 6.05. The Balaban J connectivity index is 1.70. The molecule has 0 aromatic heterocycles. The Bertz CT molecular complexity index is 882. The number of aryl methyl sites for hydroxylation is 1. The molecule has 134 valence electrons. The van der Waals surface area contributed by atoms with Crippen LogP contribution >= 0.6 is 39.5 Å². The highest BCUT2D eigenvalue weighted by Gasteiger charge is 2.34. The maximum atomic E-state index is 12.6. The third kappa shape index (κ3) is 4.34. The molecule has 0 bridgehead atoms. The largest absolute Gasteiger partial charge is 0.367 e. The number of nitrogens with one attached hydrogen (secondary N) is 1. The number of amides is 2. The monoisotopic (exact) mass is 448 g/mol. The number of rotatable bonds is 5. The van der Waals surface area contributed by atoms with Crippen LogP contribution in [0.3, 0.4) is 0 Å². The molecule has 2 aromatic carbocycles. The van der Waals surface area contributed by atoms with Crippen LogP contribution in [0.1, 0.15) is 11.1 Å². The van der Waals surface area contributed by atoms with Crippen LogP contribution in [0.15, 0.2) is 56.7 Å². The van der Waals surface area contributed by atoms with Crippen LogP contribution in [-0.4, -0.2) is 29.0 Å². The molecule has 2 amide bonds. The van der Waals surface area contributed by atoms with E-state index in [1.165, 1.54) is 4.90 Å². The molecule has 3 rings (SSSR count). The number of hydrogen-bond acceptors (Lipinski definition) is 5. The van der Waals surface area contributed by atoms with Crippen molar-refractivity contribution in [2.75, 3.05) is 18.2 Å². The van der Waals surface area contributed by atoms with Gasteiger partial charge in [0.1, 0.15) is 0 Å². The van der Waals surface area contributed by atoms with Crippen molar-refractivity contribution < 1.29 is 9.59 Å². The van der Waals surface area contributed by atoms with Crippen molar-refractivity contribution in [3.63, 3.8) is 0 Å². The number of imide groups is 1. The third-order valence-electron chi connectivity index (χ3n) is 3.90. The molecule has 0 radical (unpaired) electrons. The van der Waals surface area contributed by atoms with Gasteiger partial charge in [-0.25, -0.2) is 0 Å². The molecule has 7 heteroatoms. The number of halogens is 1. The van der Waals surface area contributed by atoms with Crippen molar-refractivity contribution in [3.8, 4) is 0 Å². The molecule has 2 aromatic rings. The summed E-state index contributed by atoms with van der Waals surface area (Å²) in [6.07, 6.45) is 3.78. The van der Waals surface area contributed by atoms with Crippen molar-refractivity contribution in [2.45, 2.75) is 11.8 Å². The number of carbonyl (C=O) groups excluding carboxylic acids is 2. The van der Waals surface area contributed by atoms with E-state index >= 15 is 0 Å². The predicted octanol–water partition coefficient (Wildman–Crippen LogP) is 5.59. The molecule has 0 spiro atoms. The minimum absolute atomic E-state index is 0.149. The van der Waals surface area contributed by atoms with Gasteiger partial charge in [-0.3, -0.25) is 14.5 Å². The van der Waals surface area contributed by atoms with Gasteiger partial charge in [0.15, 0.2) is 0 Å². The minimum Gasteiger partial charge on any atom is -0.367 e. The SMILES string of the molecule is CSc1ccc(/C=C2\SC(=O)N(CNc3ccc(Br)cc3C)C2=O)cc1. The van der Waals surface area contributed by atoms with Crippen LogP contribution in [-0.2, 0) is 4.79 Å². The zero-order valence-electron chi connectivity index (χ0n) is 14.3. The van der Waals surface area contributed by atoms with Crippen molar-refractivity contribution in [2.24, 2.45) is 0 Å². The van der Waals surface area contributed by atoms with Crippen LogP contribution in [0.2, 0.25) is 0 Å². The van der Waals surface area contributed by atoms with Crippen molar-refractivity contribution in [1.29, 1.82) is 0 Å². The van der Waals surface area contributed by atoms with Gasteiger partial charge in [0.2, 0.25) is 0 Å². The smallest absolute Gasteiger partial charge is 0.295 e. The summed E-state index contributed by atoms with van der Waals surface area (Å²) < 4.78 is 0.988. The lowest BCUT2D eigenvalue weighted by atomic mass is 10.2. The highest BCUT2D eigenvalue weighted by Crippen LogP contribution is 2.32. The quantitative estimate of drug-likeness (QED) is 0.477. The number of benzene rings is 2. The van der Waals surface area contributed by atoms with E-state index in [4.69, 9.17) is 0 Å². The zero-order chi connectivity index (χ0) is 18.7. The standard InChI is InChI=1S/C19H17BrN2O2S2/c1-12-9-14(20)5-8-16(12)21-11-22-18(23)17(26-19(22)24)10-13-3-6-15(25-2)7-4-13/h3-10,21H,11H2,1-2H3/b17-10-. The molecular formula is C19H17BrN2O2S2. The van der Waals surface area contributed by atoms with E-state index in [1.54, 1.807) is 17.8 Å². The van der Waals surface area contributed by atoms with Gasteiger partial charge in [-0.2, -0.15) is 0 Å². The Morgan fingerprint density at radius 1 is 1.19 bits per heavy atom. The average Bonchev–Trinajstić information content (AvgIpc) is 2.88. The van der Waals surface area contributed by atoms with Crippen LogP contribution in [0.4, 0.5) is 10.5 Å². The van der Waals surface area contributed by atoms with E-state index in [0.29, 0.717) is 4.91 Å². The van der Waals surface area contributed by atoms with E-state index < -0.39 is 0 Å². The summed E-state index contributed by atoms with van der Waals surface area (Å²) in [5.41, 5.74) is 2.84. The first-order chi connectivity index (χ1) is 12.5. The second kappa shape index (κ2) is 8.33. The summed E-state index contributed by atoms with van der Waals surface area (Å²) in [5.74, 6) is -0.267. The molecule has 1 N–H and O–H groups in total. The molecule has 1 fully saturated rings. The second-order valence-electron chi connectivity index (χ2n) is 5.68. The van der Waals surface area contributed by atoms with Crippen molar-refractivity contribution in [1.82, 2.24) is 4.90 Å². The molecule has 0 aliphatic carbocycles. The molecule has 1 saturated heterocycles. The molecule has 0 saturated carbocycles. The first kappa shape index (κ1) is 19.1. The van der Waals surface area contributed by atoms with Gasteiger partial charge < -0.3 is 5.32 Å². The van der Waals surface area contributed by atoms with Crippen molar-refractivity contribution in [3.05, 3.63) is 63.0 Å². The number of hydrogen-bond donors (Lipinski definition) is 1. The average molecular weight is 449 g/mol. The van der Waals surface area contributed by atoms with Crippen LogP contribution in [0, 0.1) is 6.92 Å². The fraction of sp³-hybridized carbons (Fsp3) is 0.158. The Kier molecular flexibility index (Phi) is 6.11. The molecule has 1 aliphatic heterocycles. The van der Waals surface area contributed by atoms with E-state index in [-0.39, 0.29) is 17.8 Å². The summed E-state index contributed by atoms with van der Waals surface area (Å²) in [7, 11) is 0. The number of anilines is 1. The maximum Gasteiger partial charge on any atom is 0.295 e. The number of nitrogens with zero attached hydrogens (tertiary/aromatic N) is 1. The summed E-state index contributed by atoms with van der Waals surface area (Å²) in [6.45, 7) is 2.12. The molecule has 1 aliphatic rings. The summed E-state index contributed by atoms with van der Waals surface area (Å²) in [4.78, 5) is 27.6. The highest BCUT2D eigenvalue weighted by atomic mass is 79.9. The summed E-state index contributed by atoms with van der Waals surface area (Å²) in [6, 6.07) is 13.7. The molecular weight excluding hydrogens is 432 g/mol. The Morgan fingerprint density at radius 3 is 2.58 bits per heavy atom. The lowest BCUT2D eigenvalue weighted by molar-refractivity contribution is -0.122. The normalized spacial score (nSPS) is 15.8. The van der Waals surface area contributed by atoms with Gasteiger partial charge in [0.05, 0.1) is 11.6 Å². The minimum atomic E-state index is -0.267. The molecule has 0 unspecified atom stereocenters. The van der Waals surface area contributed by atoms with E-state index in [1.807, 2.05) is 55.6 Å². The van der Waals surface area contributed by atoms with Gasteiger partial charge in [0.25, 0.3) is 11.1 Å². The fourth-order valence-electron chi connectivity index (χ4n) is 2.48. The highest BCUT2D eigenvalue weighted by molar-refractivity contribution is 9.10. The Labute approximate surface area is 169 Å². The summed E-state index contributed by atoms with van der Waals surface area (Å²) >= 11 is 6.06. The first-order valence-corrected chi connectivity index (χ1v) is 10.7. The van der Waals surface area contributed by atoms with E-state index in [0.717, 1.165) is 37.9 Å². The topological polar surface area (TPSA) is 49.4 Å². The molecule has 1 heterocycles. The van der Waals surface area contributed by atoms with Crippen LogP contribution in [0.25, 0.3) is 6.08 Å². The van der Waals surface area contributed by atoms with Gasteiger partial charge in [-0.05, 0) is 72.5 Å². The predicted molar refractivity (Wildman–Crippen MR) is 113 cm³/mol. The lowest BCUT2D eigenvalue weighted by Gasteiger charge is -2.16. The van der Waals surface area contributed by atoms with E-state index in [9.17, 15) is 9.59 Å². The number of carbonyl (C=O) groups is 2. The van der Waals surface area contributed by atoms with Crippen LogP contribution < -0.4 is 5.32 Å². The molecule has 26 heavy (non-hydrogen) atoms. The lowest BCUT2D eigenvalue weighted by Crippen LogP contribution is -2.33. The maximum absolute atomic E-state index is 12.6. The van der Waals surface area contributed by atoms with Gasteiger partial charge >= 0.3 is 0 Å². The fourth-order valence-corrected chi connectivity index (χ4v) is 4.20. The van der Waals surface area contributed by atoms with Crippen LogP contribution in [0.5, 0.6) is 0 Å². The summed E-state index contributed by atoms with van der Waals surface area (Å²) in [5, 5.41) is 2.90. The molecule has 0 atom stereocenters. The van der Waals surface area contributed by atoms with Gasteiger partial charge in [-0.1, -0.05) is 28.1 Å². The first-order valence-electron chi connectivity index (χ1n) is 7.87. The number of thioether (sulfide) groups is 2. The van der Waals surface area contributed by atoms with Crippen molar-refractivity contribution >= 4 is 62.4 Å². The molecule has 4 nitrogen and oxygen atoms in total. The Morgan fingerprint density at radius 2 is 1.92 bits per heavy atom. The zero-order valence-corrected chi connectivity index (χ0v) is 17.5. The van der Waals surface area contributed by atoms with Gasteiger partial charge in [-0.15, -0.1) is 11.8 Å². The Hall–Kier alpha value is -1.70. The van der Waals surface area contributed by atoms with E-state index in [2.05, 4.69) is 21.2 Å². The second-order valence-corrected chi connectivity index (χ2v) is 8.47. The van der Waals surface area contributed by atoms with Gasteiger partial charge in [0, 0.05) is 15.1 Å².